The van der Waals surface area contributed by atoms with Gasteiger partial charge in [0.2, 0.25) is 0 Å². The van der Waals surface area contributed by atoms with Crippen LogP contribution in [0.25, 0.3) is 0 Å². The average molecular weight is 1050 g/mol. The molecule has 0 spiro atoms. The second-order valence-electron chi connectivity index (χ2n) is 22.0. The Morgan fingerprint density at radius 3 is 0.813 bits per heavy atom. The summed E-state index contributed by atoms with van der Waals surface area (Å²) in [5.74, 6) is -0.876. The highest BCUT2D eigenvalue weighted by molar-refractivity contribution is 5.71. The summed E-state index contributed by atoms with van der Waals surface area (Å²) in [6.07, 6.45) is 81.0. The number of rotatable bonds is 60. The van der Waals surface area contributed by atoms with Crippen LogP contribution < -0.4 is 0 Å². The van der Waals surface area contributed by atoms with E-state index in [9.17, 15) is 14.4 Å². The molecule has 0 aromatic rings. The van der Waals surface area contributed by atoms with Gasteiger partial charge >= 0.3 is 17.9 Å². The maximum Gasteiger partial charge on any atom is 0.306 e. The van der Waals surface area contributed by atoms with E-state index in [0.29, 0.717) is 19.3 Å². The van der Waals surface area contributed by atoms with Crippen LogP contribution in [0.1, 0.15) is 342 Å². The van der Waals surface area contributed by atoms with E-state index in [0.717, 1.165) is 103 Å². The maximum absolute atomic E-state index is 12.9. The van der Waals surface area contributed by atoms with Gasteiger partial charge in [-0.15, -0.1) is 0 Å². The van der Waals surface area contributed by atoms with Crippen molar-refractivity contribution in [3.63, 3.8) is 0 Å². The monoisotopic (exact) mass is 1050 g/mol. The number of carbonyl (C=O) groups is 3. The third-order valence-electron chi connectivity index (χ3n) is 14.5. The van der Waals surface area contributed by atoms with Crippen molar-refractivity contribution < 1.29 is 28.6 Å². The van der Waals surface area contributed by atoms with Gasteiger partial charge in [-0.3, -0.25) is 14.4 Å². The van der Waals surface area contributed by atoms with Crippen molar-refractivity contribution in [1.82, 2.24) is 0 Å². The largest absolute Gasteiger partial charge is 0.462 e. The number of hydrogen-bond donors (Lipinski definition) is 0. The second-order valence-corrected chi connectivity index (χ2v) is 22.0. The maximum atomic E-state index is 12.9. The Morgan fingerprint density at radius 2 is 0.520 bits per heavy atom. The van der Waals surface area contributed by atoms with Gasteiger partial charge in [-0.05, 0) is 83.5 Å². The molecule has 0 fully saturated rings. The van der Waals surface area contributed by atoms with Crippen LogP contribution in [0.5, 0.6) is 0 Å². The van der Waals surface area contributed by atoms with E-state index in [1.54, 1.807) is 0 Å². The molecular weight excluding hydrogens is 925 g/mol. The second kappa shape index (κ2) is 63.6. The van der Waals surface area contributed by atoms with Gasteiger partial charge in [0, 0.05) is 19.3 Å². The Balaban J connectivity index is 4.18. The highest BCUT2D eigenvalue weighted by atomic mass is 16.6. The summed E-state index contributed by atoms with van der Waals surface area (Å²) in [4.78, 5) is 38.3. The van der Waals surface area contributed by atoms with E-state index >= 15 is 0 Å². The number of unbranched alkanes of at least 4 members (excludes halogenated alkanes) is 39. The average Bonchev–Trinajstić information content (AvgIpc) is 3.41. The first kappa shape index (κ1) is 72.1. The molecule has 1 atom stereocenters. The lowest BCUT2D eigenvalue weighted by Gasteiger charge is -2.18. The van der Waals surface area contributed by atoms with Gasteiger partial charge in [0.1, 0.15) is 13.2 Å². The highest BCUT2D eigenvalue weighted by Gasteiger charge is 2.19. The van der Waals surface area contributed by atoms with E-state index < -0.39 is 6.10 Å². The van der Waals surface area contributed by atoms with Crippen molar-refractivity contribution in [2.45, 2.75) is 348 Å². The Kier molecular flexibility index (Phi) is 61.2. The third kappa shape index (κ3) is 61.8. The molecule has 0 saturated carbocycles. The van der Waals surface area contributed by atoms with Crippen molar-refractivity contribution in [2.75, 3.05) is 13.2 Å². The molecular formula is C69H124O6. The van der Waals surface area contributed by atoms with Gasteiger partial charge in [0.05, 0.1) is 0 Å². The molecule has 1 unspecified atom stereocenters. The Hall–Kier alpha value is -2.89. The van der Waals surface area contributed by atoms with Crippen LogP contribution in [0.15, 0.2) is 60.8 Å². The van der Waals surface area contributed by atoms with Crippen molar-refractivity contribution in [3.8, 4) is 0 Å². The summed E-state index contributed by atoms with van der Waals surface area (Å²) in [6, 6.07) is 0. The van der Waals surface area contributed by atoms with Gasteiger partial charge in [-0.1, -0.05) is 300 Å². The van der Waals surface area contributed by atoms with Crippen molar-refractivity contribution in [1.29, 1.82) is 0 Å². The summed E-state index contributed by atoms with van der Waals surface area (Å²) in [5, 5.41) is 0. The zero-order chi connectivity index (χ0) is 54.3. The molecule has 0 N–H and O–H groups in total. The molecule has 6 heteroatoms. The van der Waals surface area contributed by atoms with E-state index in [1.165, 1.54) is 199 Å². The lowest BCUT2D eigenvalue weighted by Crippen LogP contribution is -2.30. The number of ether oxygens (including phenoxy) is 3. The van der Waals surface area contributed by atoms with Crippen LogP contribution in [0.4, 0.5) is 0 Å². The van der Waals surface area contributed by atoms with Gasteiger partial charge in [-0.25, -0.2) is 0 Å². The van der Waals surface area contributed by atoms with Crippen molar-refractivity contribution >= 4 is 17.9 Å². The summed E-state index contributed by atoms with van der Waals surface area (Å²) < 4.78 is 16.9. The molecule has 75 heavy (non-hydrogen) atoms. The molecule has 0 amide bonds. The van der Waals surface area contributed by atoms with E-state index in [2.05, 4.69) is 81.5 Å². The molecule has 6 nitrogen and oxygen atoms in total. The van der Waals surface area contributed by atoms with E-state index in [-0.39, 0.29) is 31.1 Å². The predicted molar refractivity (Wildman–Crippen MR) is 325 cm³/mol. The van der Waals surface area contributed by atoms with Gasteiger partial charge < -0.3 is 14.2 Å². The van der Waals surface area contributed by atoms with Gasteiger partial charge in [0.15, 0.2) is 6.10 Å². The summed E-state index contributed by atoms with van der Waals surface area (Å²) in [7, 11) is 0. The molecule has 0 aliphatic heterocycles. The molecule has 0 bridgehead atoms. The van der Waals surface area contributed by atoms with E-state index in [1.807, 2.05) is 0 Å². The predicted octanol–water partition coefficient (Wildman–Crippen LogP) is 22.3. The minimum Gasteiger partial charge on any atom is -0.462 e. The normalized spacial score (nSPS) is 12.4. The Bertz CT molecular complexity index is 1340. The number of esters is 3. The number of hydrogen-bond acceptors (Lipinski definition) is 6. The molecule has 0 rings (SSSR count). The van der Waals surface area contributed by atoms with Crippen LogP contribution in [-0.4, -0.2) is 37.2 Å². The molecule has 0 saturated heterocycles. The standard InChI is InChI=1S/C69H124O6/c1-4-7-10-13-16-19-22-25-27-28-29-30-31-32-33-34-35-36-37-38-39-40-42-44-47-50-53-56-59-62-68(71)74-65-66(64-73-67(70)61-58-55-52-49-46-43-24-21-18-15-12-9-6-3)75-69(72)63-60-57-54-51-48-45-41-26-23-20-17-14-11-8-5-2/h8,11,17,20,22,25-26,28-29,41,66H,4-7,9-10,12-16,18-19,21,23-24,27,30-40,42-65H2,1-3H3/b11-8-,20-17-,25-22-,29-28-,41-26-. The zero-order valence-corrected chi connectivity index (χ0v) is 50.1. The number of carbonyl (C=O) groups excluding carboxylic acids is 3. The van der Waals surface area contributed by atoms with Crippen molar-refractivity contribution in [2.24, 2.45) is 0 Å². The summed E-state index contributed by atoms with van der Waals surface area (Å²) >= 11 is 0. The number of allylic oxidation sites excluding steroid dienone is 10. The SMILES string of the molecule is CC/C=C\C/C=C\C/C=C\CCCCCCCC(=O)OC(COC(=O)CCCCCCCCCCCCCCC)COC(=O)CCCCCCCCCCCCCCCCCCC/C=C\C/C=C\CCCCCCC. The quantitative estimate of drug-likeness (QED) is 0.0261. The minimum absolute atomic E-state index is 0.0771. The topological polar surface area (TPSA) is 78.9 Å². The van der Waals surface area contributed by atoms with Crippen LogP contribution in [-0.2, 0) is 28.6 Å². The Labute approximate surface area is 466 Å². The molecule has 0 radical (unpaired) electrons. The zero-order valence-electron chi connectivity index (χ0n) is 50.1. The van der Waals surface area contributed by atoms with E-state index in [4.69, 9.17) is 14.2 Å². The minimum atomic E-state index is -0.781. The highest BCUT2D eigenvalue weighted by Crippen LogP contribution is 2.17. The lowest BCUT2D eigenvalue weighted by molar-refractivity contribution is -0.167. The third-order valence-corrected chi connectivity index (χ3v) is 14.5. The fourth-order valence-corrected chi connectivity index (χ4v) is 9.61. The first-order chi connectivity index (χ1) is 37.0. The molecule has 0 aromatic heterocycles. The summed E-state index contributed by atoms with van der Waals surface area (Å²) in [6.45, 7) is 6.55. The van der Waals surface area contributed by atoms with Gasteiger partial charge in [-0.2, -0.15) is 0 Å². The molecule has 0 aliphatic carbocycles. The van der Waals surface area contributed by atoms with Crippen LogP contribution in [0.2, 0.25) is 0 Å². The molecule has 0 heterocycles. The first-order valence-electron chi connectivity index (χ1n) is 32.8. The fourth-order valence-electron chi connectivity index (χ4n) is 9.61. The van der Waals surface area contributed by atoms with Crippen molar-refractivity contribution in [3.05, 3.63) is 60.8 Å². The molecule has 0 aliphatic rings. The smallest absolute Gasteiger partial charge is 0.306 e. The molecule has 0 aromatic carbocycles. The lowest BCUT2D eigenvalue weighted by atomic mass is 10.0. The summed E-state index contributed by atoms with van der Waals surface area (Å²) in [5.41, 5.74) is 0. The molecule has 436 valence electrons. The Morgan fingerprint density at radius 1 is 0.280 bits per heavy atom. The first-order valence-corrected chi connectivity index (χ1v) is 32.8. The van der Waals surface area contributed by atoms with Crippen LogP contribution in [0, 0.1) is 0 Å². The van der Waals surface area contributed by atoms with Crippen LogP contribution in [0.3, 0.4) is 0 Å². The fraction of sp³-hybridized carbons (Fsp3) is 0.812. The van der Waals surface area contributed by atoms with Crippen LogP contribution >= 0.6 is 0 Å². The van der Waals surface area contributed by atoms with Gasteiger partial charge in [0.25, 0.3) is 0 Å².